The fourth-order valence-electron chi connectivity index (χ4n) is 5.09. The van der Waals surface area contributed by atoms with Crippen LogP contribution in [-0.2, 0) is 37.2 Å². The molecule has 0 aliphatic carbocycles. The van der Waals surface area contributed by atoms with Crippen molar-refractivity contribution in [3.63, 3.8) is 0 Å². The minimum absolute atomic E-state index is 0.00263. The summed E-state index contributed by atoms with van der Waals surface area (Å²) < 4.78 is 56.1. The zero-order valence-corrected chi connectivity index (χ0v) is 23.4. The SMILES string of the molecule is COc1cccc(S(=O)(=O)N(Cc2ccco2)CC(O)C(Cc2ccccc2)NC(=O)OC2COC3OCCC23)c1. The van der Waals surface area contributed by atoms with E-state index >= 15 is 0 Å². The molecular formula is C29H34N2O9S. The topological polar surface area (TPSA) is 137 Å². The van der Waals surface area contributed by atoms with Crippen molar-refractivity contribution >= 4 is 16.1 Å². The summed E-state index contributed by atoms with van der Waals surface area (Å²) in [5, 5.41) is 14.2. The van der Waals surface area contributed by atoms with Crippen LogP contribution in [0.2, 0.25) is 0 Å². The molecule has 2 N–H and O–H groups in total. The molecule has 0 saturated carbocycles. The Morgan fingerprint density at radius 1 is 1.12 bits per heavy atom. The predicted molar refractivity (Wildman–Crippen MR) is 146 cm³/mol. The number of hydrogen-bond donors (Lipinski definition) is 2. The van der Waals surface area contributed by atoms with Gasteiger partial charge in [0.15, 0.2) is 6.29 Å². The summed E-state index contributed by atoms with van der Waals surface area (Å²) in [5.41, 5.74) is 0.846. The molecule has 5 rings (SSSR count). The molecule has 1 aromatic heterocycles. The van der Waals surface area contributed by atoms with Gasteiger partial charge < -0.3 is 33.8 Å². The highest BCUT2D eigenvalue weighted by Gasteiger charge is 2.44. The quantitative estimate of drug-likeness (QED) is 0.328. The van der Waals surface area contributed by atoms with Crippen LogP contribution in [0.5, 0.6) is 5.75 Å². The first-order valence-electron chi connectivity index (χ1n) is 13.4. The van der Waals surface area contributed by atoms with Crippen LogP contribution in [0.15, 0.2) is 82.3 Å². The van der Waals surface area contributed by atoms with Crippen molar-refractivity contribution in [2.75, 3.05) is 26.9 Å². The van der Waals surface area contributed by atoms with Crippen LogP contribution in [0.25, 0.3) is 0 Å². The third kappa shape index (κ3) is 7.08. The minimum Gasteiger partial charge on any atom is -0.497 e. The van der Waals surface area contributed by atoms with Gasteiger partial charge in [0, 0.05) is 12.6 Å². The highest BCUT2D eigenvalue weighted by Crippen LogP contribution is 2.33. The van der Waals surface area contributed by atoms with Gasteiger partial charge in [-0.1, -0.05) is 36.4 Å². The summed E-state index contributed by atoms with van der Waals surface area (Å²) >= 11 is 0. The standard InChI is InChI=1S/C29H34N2O9S/c1-36-21-9-5-11-23(16-21)41(34,35)31(17-22-10-6-13-37-22)18-26(32)25(15-20-7-3-2-4-8-20)30-29(33)40-27-19-39-28-24(27)12-14-38-28/h2-11,13,16,24-28,32H,12,14-15,17-19H2,1H3,(H,30,33). The summed E-state index contributed by atoms with van der Waals surface area (Å²) in [7, 11) is -2.66. The number of carbonyl (C=O) groups excluding carboxylic acids is 1. The number of furan rings is 1. The van der Waals surface area contributed by atoms with E-state index in [-0.39, 0.29) is 43.2 Å². The van der Waals surface area contributed by atoms with E-state index in [0.717, 1.165) is 16.3 Å². The molecule has 11 nitrogen and oxygen atoms in total. The van der Waals surface area contributed by atoms with Crippen LogP contribution in [0.1, 0.15) is 17.7 Å². The molecule has 5 unspecified atom stereocenters. The Bertz CT molecular complexity index is 1380. The average molecular weight is 587 g/mol. The number of fused-ring (bicyclic) bond motifs is 1. The molecule has 1 amide bonds. The number of nitrogens with zero attached hydrogens (tertiary/aromatic N) is 1. The number of amides is 1. The molecule has 0 radical (unpaired) electrons. The van der Waals surface area contributed by atoms with Crippen molar-refractivity contribution in [2.45, 2.75) is 48.8 Å². The molecule has 2 aromatic carbocycles. The highest BCUT2D eigenvalue weighted by atomic mass is 32.2. The maximum atomic E-state index is 13.8. The zero-order valence-electron chi connectivity index (χ0n) is 22.6. The van der Waals surface area contributed by atoms with Gasteiger partial charge in [0.1, 0.15) is 17.6 Å². The van der Waals surface area contributed by atoms with E-state index in [2.05, 4.69) is 5.32 Å². The Morgan fingerprint density at radius 2 is 1.95 bits per heavy atom. The van der Waals surface area contributed by atoms with E-state index in [1.807, 2.05) is 30.3 Å². The third-order valence-corrected chi connectivity index (χ3v) is 9.10. The van der Waals surface area contributed by atoms with E-state index in [1.165, 1.54) is 25.5 Å². The number of hydrogen-bond acceptors (Lipinski definition) is 9. The predicted octanol–water partition coefficient (Wildman–Crippen LogP) is 2.94. The Hall–Kier alpha value is -3.42. The first-order valence-corrected chi connectivity index (χ1v) is 14.9. The van der Waals surface area contributed by atoms with E-state index in [9.17, 15) is 18.3 Å². The summed E-state index contributed by atoms with van der Waals surface area (Å²) in [6.07, 6.45) is -0.467. The van der Waals surface area contributed by atoms with Crippen molar-refractivity contribution in [3.8, 4) is 5.75 Å². The van der Waals surface area contributed by atoms with Crippen molar-refractivity contribution in [2.24, 2.45) is 5.92 Å². The molecule has 3 heterocycles. The van der Waals surface area contributed by atoms with E-state index in [0.29, 0.717) is 18.1 Å². The van der Waals surface area contributed by atoms with Crippen molar-refractivity contribution in [3.05, 3.63) is 84.3 Å². The molecule has 0 spiro atoms. The van der Waals surface area contributed by atoms with Gasteiger partial charge in [-0.15, -0.1) is 0 Å². The maximum absolute atomic E-state index is 13.8. The molecule has 41 heavy (non-hydrogen) atoms. The second kappa shape index (κ2) is 13.0. The zero-order chi connectivity index (χ0) is 28.8. The normalized spacial score (nSPS) is 21.8. The van der Waals surface area contributed by atoms with E-state index < -0.39 is 34.4 Å². The first-order chi connectivity index (χ1) is 19.8. The second-order valence-corrected chi connectivity index (χ2v) is 12.0. The molecule has 220 valence electrons. The summed E-state index contributed by atoms with van der Waals surface area (Å²) in [6.45, 7) is 0.307. The monoisotopic (exact) mass is 586 g/mol. The number of ether oxygens (including phenoxy) is 4. The molecule has 2 aliphatic heterocycles. The minimum atomic E-state index is -4.11. The lowest BCUT2D eigenvalue weighted by Gasteiger charge is -2.30. The number of aliphatic hydroxyl groups excluding tert-OH is 1. The van der Waals surface area contributed by atoms with Crippen LogP contribution < -0.4 is 10.1 Å². The molecule has 12 heteroatoms. The van der Waals surface area contributed by atoms with Crippen LogP contribution >= 0.6 is 0 Å². The highest BCUT2D eigenvalue weighted by molar-refractivity contribution is 7.89. The van der Waals surface area contributed by atoms with Gasteiger partial charge in [-0.2, -0.15) is 4.31 Å². The Morgan fingerprint density at radius 3 is 2.71 bits per heavy atom. The molecule has 2 aliphatic rings. The Kier molecular flexibility index (Phi) is 9.25. The molecule has 2 saturated heterocycles. The maximum Gasteiger partial charge on any atom is 0.407 e. The second-order valence-electron chi connectivity index (χ2n) is 10.0. The average Bonchev–Trinajstić information content (AvgIpc) is 3.74. The van der Waals surface area contributed by atoms with E-state index in [1.54, 1.807) is 24.3 Å². The summed E-state index contributed by atoms with van der Waals surface area (Å²) in [5.74, 6) is 0.724. The van der Waals surface area contributed by atoms with Gasteiger partial charge in [0.25, 0.3) is 0 Å². The van der Waals surface area contributed by atoms with Gasteiger partial charge >= 0.3 is 6.09 Å². The largest absolute Gasteiger partial charge is 0.497 e. The van der Waals surface area contributed by atoms with Crippen LogP contribution in [0, 0.1) is 5.92 Å². The summed E-state index contributed by atoms with van der Waals surface area (Å²) in [4.78, 5) is 13.0. The number of sulfonamides is 1. The number of rotatable bonds is 12. The van der Waals surface area contributed by atoms with Crippen molar-refractivity contribution in [1.82, 2.24) is 9.62 Å². The number of methoxy groups -OCH3 is 1. The number of benzene rings is 2. The molecular weight excluding hydrogens is 552 g/mol. The fourth-order valence-corrected chi connectivity index (χ4v) is 6.55. The van der Waals surface area contributed by atoms with Gasteiger partial charge in [-0.3, -0.25) is 0 Å². The van der Waals surface area contributed by atoms with Gasteiger partial charge in [-0.25, -0.2) is 13.2 Å². The fraction of sp³-hybridized carbons (Fsp3) is 0.414. The van der Waals surface area contributed by atoms with Crippen LogP contribution in [-0.4, -0.2) is 75.3 Å². The third-order valence-electron chi connectivity index (χ3n) is 7.29. The Balaban J connectivity index is 1.36. The van der Waals surface area contributed by atoms with Crippen LogP contribution in [0.3, 0.4) is 0 Å². The molecule has 0 bridgehead atoms. The first kappa shape index (κ1) is 29.1. The number of alkyl carbamates (subject to hydrolysis) is 1. The number of aliphatic hydroxyl groups is 1. The number of carbonyl (C=O) groups is 1. The van der Waals surface area contributed by atoms with E-state index in [4.69, 9.17) is 23.4 Å². The molecule has 2 fully saturated rings. The Labute approximate surface area is 239 Å². The summed E-state index contributed by atoms with van der Waals surface area (Å²) in [6, 6.07) is 17.8. The molecule has 3 aromatic rings. The lowest BCUT2D eigenvalue weighted by molar-refractivity contribution is -0.0907. The lowest BCUT2D eigenvalue weighted by atomic mass is 10.0. The number of nitrogens with one attached hydrogen (secondary N) is 1. The van der Waals surface area contributed by atoms with Crippen molar-refractivity contribution in [1.29, 1.82) is 0 Å². The smallest absolute Gasteiger partial charge is 0.407 e. The van der Waals surface area contributed by atoms with Gasteiger partial charge in [-0.05, 0) is 42.7 Å². The van der Waals surface area contributed by atoms with Crippen LogP contribution in [0.4, 0.5) is 4.79 Å². The van der Waals surface area contributed by atoms with Gasteiger partial charge in [0.2, 0.25) is 10.0 Å². The lowest BCUT2D eigenvalue weighted by Crippen LogP contribution is -2.51. The molecule has 5 atom stereocenters. The van der Waals surface area contributed by atoms with Gasteiger partial charge in [0.05, 0.1) is 56.1 Å². The van der Waals surface area contributed by atoms with Crippen molar-refractivity contribution < 1.29 is 41.7 Å².